The van der Waals surface area contributed by atoms with Crippen molar-refractivity contribution >= 4 is 28.9 Å². The SMILES string of the molecule is Cc1c(Cl)cc(N2CCNCC2)cc1Cl. The summed E-state index contributed by atoms with van der Waals surface area (Å²) in [7, 11) is 0. The maximum Gasteiger partial charge on any atom is 0.0470 e. The summed E-state index contributed by atoms with van der Waals surface area (Å²) in [5.74, 6) is 0. The van der Waals surface area contributed by atoms with Crippen LogP contribution < -0.4 is 10.2 Å². The van der Waals surface area contributed by atoms with Gasteiger partial charge in [0.25, 0.3) is 0 Å². The average molecular weight is 245 g/mol. The Balaban J connectivity index is 2.27. The van der Waals surface area contributed by atoms with Crippen molar-refractivity contribution in [3.63, 3.8) is 0 Å². The predicted octanol–water partition coefficient (Wildman–Crippen LogP) is 2.71. The number of hydrogen-bond acceptors (Lipinski definition) is 2. The highest BCUT2D eigenvalue weighted by atomic mass is 35.5. The topological polar surface area (TPSA) is 15.3 Å². The van der Waals surface area contributed by atoms with E-state index >= 15 is 0 Å². The lowest BCUT2D eigenvalue weighted by Crippen LogP contribution is -2.43. The number of hydrogen-bond donors (Lipinski definition) is 1. The predicted molar refractivity (Wildman–Crippen MR) is 66.3 cm³/mol. The van der Waals surface area contributed by atoms with Gasteiger partial charge in [0, 0.05) is 41.9 Å². The minimum absolute atomic E-state index is 0.746. The average Bonchev–Trinajstić information content (AvgIpc) is 2.26. The monoisotopic (exact) mass is 244 g/mol. The molecule has 0 aliphatic carbocycles. The first-order valence-corrected chi connectivity index (χ1v) is 5.85. The molecular weight excluding hydrogens is 231 g/mol. The van der Waals surface area contributed by atoms with E-state index in [0.29, 0.717) is 0 Å². The number of nitrogens with zero attached hydrogens (tertiary/aromatic N) is 1. The fourth-order valence-corrected chi connectivity index (χ4v) is 2.21. The van der Waals surface area contributed by atoms with E-state index in [9.17, 15) is 0 Å². The second-order valence-electron chi connectivity index (χ2n) is 3.77. The smallest absolute Gasteiger partial charge is 0.0470 e. The lowest BCUT2D eigenvalue weighted by Gasteiger charge is -2.30. The molecule has 0 spiro atoms. The Bertz CT molecular complexity index is 337. The van der Waals surface area contributed by atoms with E-state index in [1.807, 2.05) is 19.1 Å². The van der Waals surface area contributed by atoms with E-state index in [1.54, 1.807) is 0 Å². The number of rotatable bonds is 1. The maximum atomic E-state index is 6.11. The van der Waals surface area contributed by atoms with Crippen molar-refractivity contribution in [1.82, 2.24) is 5.32 Å². The third-order valence-corrected chi connectivity index (χ3v) is 3.53. The van der Waals surface area contributed by atoms with Crippen LogP contribution in [0.15, 0.2) is 12.1 Å². The highest BCUT2D eigenvalue weighted by Crippen LogP contribution is 2.30. The second kappa shape index (κ2) is 4.60. The van der Waals surface area contributed by atoms with Crippen molar-refractivity contribution in [3.05, 3.63) is 27.7 Å². The van der Waals surface area contributed by atoms with Crippen molar-refractivity contribution in [2.24, 2.45) is 0 Å². The Morgan fingerprint density at radius 1 is 1.13 bits per heavy atom. The first-order valence-electron chi connectivity index (χ1n) is 5.10. The molecule has 0 atom stereocenters. The minimum atomic E-state index is 0.746. The number of halogens is 2. The zero-order valence-corrected chi connectivity index (χ0v) is 10.2. The van der Waals surface area contributed by atoms with Crippen LogP contribution in [-0.2, 0) is 0 Å². The van der Waals surface area contributed by atoms with Gasteiger partial charge >= 0.3 is 0 Å². The molecule has 0 unspecified atom stereocenters. The van der Waals surface area contributed by atoms with Gasteiger partial charge < -0.3 is 10.2 Å². The van der Waals surface area contributed by atoms with Gasteiger partial charge in [-0.1, -0.05) is 23.2 Å². The van der Waals surface area contributed by atoms with E-state index in [1.165, 1.54) is 0 Å². The van der Waals surface area contributed by atoms with Gasteiger partial charge in [0.1, 0.15) is 0 Å². The van der Waals surface area contributed by atoms with Crippen LogP contribution in [0.2, 0.25) is 10.0 Å². The summed E-state index contributed by atoms with van der Waals surface area (Å²) >= 11 is 12.2. The number of piperazine rings is 1. The van der Waals surface area contributed by atoms with E-state index < -0.39 is 0 Å². The molecule has 82 valence electrons. The highest BCUT2D eigenvalue weighted by molar-refractivity contribution is 6.36. The normalized spacial score (nSPS) is 16.9. The van der Waals surface area contributed by atoms with Crippen LogP contribution in [0.5, 0.6) is 0 Å². The molecule has 2 rings (SSSR count). The minimum Gasteiger partial charge on any atom is -0.369 e. The quantitative estimate of drug-likeness (QED) is 0.818. The zero-order chi connectivity index (χ0) is 10.8. The molecule has 0 aromatic heterocycles. The molecule has 1 aromatic carbocycles. The van der Waals surface area contributed by atoms with Gasteiger partial charge in [0.2, 0.25) is 0 Å². The van der Waals surface area contributed by atoms with Crippen molar-refractivity contribution < 1.29 is 0 Å². The third-order valence-electron chi connectivity index (χ3n) is 2.75. The summed E-state index contributed by atoms with van der Waals surface area (Å²) in [5, 5.41) is 4.81. The number of anilines is 1. The van der Waals surface area contributed by atoms with Crippen LogP contribution >= 0.6 is 23.2 Å². The molecule has 0 saturated carbocycles. The molecule has 0 bridgehead atoms. The van der Waals surface area contributed by atoms with Gasteiger partial charge in [0.05, 0.1) is 0 Å². The number of benzene rings is 1. The van der Waals surface area contributed by atoms with Gasteiger partial charge in [-0.15, -0.1) is 0 Å². The van der Waals surface area contributed by atoms with Crippen molar-refractivity contribution in [1.29, 1.82) is 0 Å². The van der Waals surface area contributed by atoms with Crippen molar-refractivity contribution in [3.8, 4) is 0 Å². The fourth-order valence-electron chi connectivity index (χ4n) is 1.74. The van der Waals surface area contributed by atoms with Gasteiger partial charge in [-0.05, 0) is 24.6 Å². The zero-order valence-electron chi connectivity index (χ0n) is 8.69. The van der Waals surface area contributed by atoms with Gasteiger partial charge in [-0.2, -0.15) is 0 Å². The summed E-state index contributed by atoms with van der Waals surface area (Å²) < 4.78 is 0. The molecule has 0 radical (unpaired) electrons. The molecule has 1 aromatic rings. The summed E-state index contributed by atoms with van der Waals surface area (Å²) in [5.41, 5.74) is 2.08. The Labute approximate surface area is 100 Å². The molecule has 1 aliphatic rings. The first kappa shape index (κ1) is 11.1. The molecule has 1 saturated heterocycles. The Morgan fingerprint density at radius 3 is 2.20 bits per heavy atom. The molecule has 1 N–H and O–H groups in total. The van der Waals surface area contributed by atoms with Gasteiger partial charge in [-0.3, -0.25) is 0 Å². The Morgan fingerprint density at radius 2 is 1.67 bits per heavy atom. The van der Waals surface area contributed by atoms with Gasteiger partial charge in [0.15, 0.2) is 0 Å². The van der Waals surface area contributed by atoms with Crippen LogP contribution in [-0.4, -0.2) is 26.2 Å². The van der Waals surface area contributed by atoms with Gasteiger partial charge in [-0.25, -0.2) is 0 Å². The Kier molecular flexibility index (Phi) is 3.39. The van der Waals surface area contributed by atoms with E-state index in [-0.39, 0.29) is 0 Å². The van der Waals surface area contributed by atoms with E-state index in [0.717, 1.165) is 47.5 Å². The second-order valence-corrected chi connectivity index (χ2v) is 4.59. The van der Waals surface area contributed by atoms with Crippen LogP contribution in [0.25, 0.3) is 0 Å². The standard InChI is InChI=1S/C11H14Cl2N2/c1-8-10(12)6-9(7-11(8)13)15-4-2-14-3-5-15/h6-7,14H,2-5H2,1H3. The first-order chi connectivity index (χ1) is 7.18. The third kappa shape index (κ3) is 2.39. The maximum absolute atomic E-state index is 6.11. The highest BCUT2D eigenvalue weighted by Gasteiger charge is 2.12. The van der Waals surface area contributed by atoms with Crippen molar-refractivity contribution in [2.45, 2.75) is 6.92 Å². The molecule has 1 aliphatic heterocycles. The van der Waals surface area contributed by atoms with Crippen molar-refractivity contribution in [2.75, 3.05) is 31.1 Å². The molecule has 15 heavy (non-hydrogen) atoms. The lowest BCUT2D eigenvalue weighted by molar-refractivity contribution is 0.589. The molecule has 0 amide bonds. The van der Waals surface area contributed by atoms with Crippen LogP contribution in [0, 0.1) is 6.92 Å². The summed E-state index contributed by atoms with van der Waals surface area (Å²) in [6.07, 6.45) is 0. The van der Waals surface area contributed by atoms with Crippen LogP contribution in [0.1, 0.15) is 5.56 Å². The fraction of sp³-hybridized carbons (Fsp3) is 0.455. The molecule has 2 nitrogen and oxygen atoms in total. The summed E-state index contributed by atoms with van der Waals surface area (Å²) in [4.78, 5) is 2.30. The van der Waals surface area contributed by atoms with E-state index in [4.69, 9.17) is 23.2 Å². The molecule has 1 fully saturated rings. The molecule has 4 heteroatoms. The molecular formula is C11H14Cl2N2. The van der Waals surface area contributed by atoms with E-state index in [2.05, 4.69) is 10.2 Å². The summed E-state index contributed by atoms with van der Waals surface area (Å²) in [6, 6.07) is 3.99. The lowest BCUT2D eigenvalue weighted by atomic mass is 10.2. The Hall–Kier alpha value is -0.440. The van der Waals surface area contributed by atoms with Crippen LogP contribution in [0.4, 0.5) is 5.69 Å². The largest absolute Gasteiger partial charge is 0.369 e. The van der Waals surface area contributed by atoms with Crippen LogP contribution in [0.3, 0.4) is 0 Å². The summed E-state index contributed by atoms with van der Waals surface area (Å²) in [6.45, 7) is 5.99. The molecule has 1 heterocycles. The number of nitrogens with one attached hydrogen (secondary N) is 1.